The van der Waals surface area contributed by atoms with E-state index in [1.807, 2.05) is 0 Å². The van der Waals surface area contributed by atoms with Gasteiger partial charge in [-0.2, -0.15) is 0 Å². The third kappa shape index (κ3) is 12.8. The van der Waals surface area contributed by atoms with Gasteiger partial charge in [-0.05, 0) is 19.4 Å². The van der Waals surface area contributed by atoms with Crippen LogP contribution in [-0.4, -0.2) is 159 Å². The van der Waals surface area contributed by atoms with E-state index in [0.717, 1.165) is 0 Å². The molecule has 15 nitrogen and oxygen atoms in total. The lowest BCUT2D eigenvalue weighted by Gasteiger charge is -2.36. The minimum absolute atomic E-state index is 0.0251. The van der Waals surface area contributed by atoms with E-state index in [4.69, 9.17) is 5.73 Å². The Balaban J connectivity index is 3.24. The van der Waals surface area contributed by atoms with Gasteiger partial charge in [-0.3, -0.25) is 43.6 Å². The van der Waals surface area contributed by atoms with Crippen molar-refractivity contribution in [2.45, 2.75) is 37.8 Å². The molecule has 1 saturated heterocycles. The number of rotatable bonds is 14. The molecule has 0 radical (unpaired) electrons. The van der Waals surface area contributed by atoms with Crippen molar-refractivity contribution in [2.75, 3.05) is 72.0 Å². The molecule has 1 heterocycles. The second-order valence-electron chi connectivity index (χ2n) is 9.00. The Labute approximate surface area is 215 Å². The summed E-state index contributed by atoms with van der Waals surface area (Å²) in [7, 11) is 0. The first-order chi connectivity index (χ1) is 17.4. The van der Waals surface area contributed by atoms with Gasteiger partial charge in [-0.1, -0.05) is 6.42 Å². The van der Waals surface area contributed by atoms with Crippen LogP contribution >= 0.6 is 0 Å². The fourth-order valence-corrected chi connectivity index (χ4v) is 4.33. The van der Waals surface area contributed by atoms with Gasteiger partial charge >= 0.3 is 29.8 Å². The molecule has 0 aromatic rings. The largest absolute Gasteiger partial charge is 0.481 e. The maximum atomic E-state index is 12.1. The standard InChI is InChI=1S/C22H39N5O10/c23-4-2-1-3-16(21(34)35)26-9-5-24(14-19(30)31)7-11-27(17(22(36)37)13-18(28)29)12-8-25(6-10-26)15-20(32)33/h16-17H,1-15,23H2,(H,28,29)(H,30,31)(H,32,33)(H,34,35)(H,36,37)/t16-,17-/m1/s1. The van der Waals surface area contributed by atoms with E-state index in [1.54, 1.807) is 14.7 Å². The van der Waals surface area contributed by atoms with Crippen LogP contribution < -0.4 is 5.73 Å². The summed E-state index contributed by atoms with van der Waals surface area (Å²) in [5.41, 5.74) is 5.53. The van der Waals surface area contributed by atoms with Crippen molar-refractivity contribution >= 4 is 29.8 Å². The van der Waals surface area contributed by atoms with Gasteiger partial charge < -0.3 is 31.3 Å². The van der Waals surface area contributed by atoms with Gasteiger partial charge in [0.05, 0.1) is 19.5 Å². The van der Waals surface area contributed by atoms with Gasteiger partial charge in [0, 0.05) is 52.4 Å². The maximum absolute atomic E-state index is 12.1. The Kier molecular flexibility index (Phi) is 14.6. The third-order valence-corrected chi connectivity index (χ3v) is 6.28. The van der Waals surface area contributed by atoms with Crippen LogP contribution in [0.1, 0.15) is 25.7 Å². The second-order valence-corrected chi connectivity index (χ2v) is 9.00. The molecule has 0 aromatic carbocycles. The maximum Gasteiger partial charge on any atom is 0.321 e. The van der Waals surface area contributed by atoms with E-state index in [2.05, 4.69) is 0 Å². The van der Waals surface area contributed by atoms with Crippen molar-refractivity contribution < 1.29 is 49.5 Å². The summed E-state index contributed by atoms with van der Waals surface area (Å²) in [6.07, 6.45) is 0.874. The number of carboxylic acid groups (broad SMARTS) is 5. The van der Waals surface area contributed by atoms with Gasteiger partial charge in [0.2, 0.25) is 0 Å². The van der Waals surface area contributed by atoms with Gasteiger partial charge in [0.1, 0.15) is 12.1 Å². The number of aliphatic carboxylic acids is 5. The highest BCUT2D eigenvalue weighted by Crippen LogP contribution is 2.13. The van der Waals surface area contributed by atoms with Crippen molar-refractivity contribution in [3.63, 3.8) is 0 Å². The minimum atomic E-state index is -1.38. The van der Waals surface area contributed by atoms with E-state index in [-0.39, 0.29) is 65.4 Å². The zero-order chi connectivity index (χ0) is 28.0. The molecule has 212 valence electrons. The van der Waals surface area contributed by atoms with Gasteiger partial charge in [0.25, 0.3) is 0 Å². The summed E-state index contributed by atoms with van der Waals surface area (Å²) < 4.78 is 0. The zero-order valence-electron chi connectivity index (χ0n) is 20.9. The van der Waals surface area contributed by atoms with Crippen LogP contribution in [0.15, 0.2) is 0 Å². The van der Waals surface area contributed by atoms with E-state index < -0.39 is 48.4 Å². The van der Waals surface area contributed by atoms with Gasteiger partial charge in [-0.25, -0.2) is 0 Å². The Morgan fingerprint density at radius 2 is 1.00 bits per heavy atom. The predicted molar refractivity (Wildman–Crippen MR) is 129 cm³/mol. The predicted octanol–water partition coefficient (Wildman–Crippen LogP) is -2.11. The quantitative estimate of drug-likeness (QED) is 0.131. The molecule has 1 aliphatic rings. The molecule has 0 unspecified atom stereocenters. The minimum Gasteiger partial charge on any atom is -0.481 e. The molecule has 2 atom stereocenters. The lowest BCUT2D eigenvalue weighted by molar-refractivity contribution is -0.150. The summed E-state index contributed by atoms with van der Waals surface area (Å²) in [5.74, 6) is -5.93. The van der Waals surface area contributed by atoms with E-state index in [1.165, 1.54) is 4.90 Å². The van der Waals surface area contributed by atoms with Crippen molar-refractivity contribution in [3.05, 3.63) is 0 Å². The Morgan fingerprint density at radius 1 is 0.595 bits per heavy atom. The number of hydrogen-bond acceptors (Lipinski definition) is 10. The number of carbonyl (C=O) groups is 5. The van der Waals surface area contributed by atoms with Gasteiger partial charge in [0.15, 0.2) is 0 Å². The Hall–Kier alpha value is -2.85. The fourth-order valence-electron chi connectivity index (χ4n) is 4.33. The highest BCUT2D eigenvalue weighted by atomic mass is 16.4. The van der Waals surface area contributed by atoms with Crippen LogP contribution in [0.5, 0.6) is 0 Å². The van der Waals surface area contributed by atoms with Crippen molar-refractivity contribution in [2.24, 2.45) is 5.73 Å². The second kappa shape index (κ2) is 16.8. The van der Waals surface area contributed by atoms with Crippen LogP contribution in [0.2, 0.25) is 0 Å². The molecule has 0 saturated carbocycles. The van der Waals surface area contributed by atoms with Crippen molar-refractivity contribution in [1.82, 2.24) is 19.6 Å². The molecular weight excluding hydrogens is 494 g/mol. The van der Waals surface area contributed by atoms with E-state index >= 15 is 0 Å². The first-order valence-corrected chi connectivity index (χ1v) is 12.2. The van der Waals surface area contributed by atoms with E-state index in [9.17, 15) is 49.5 Å². The molecule has 7 N–H and O–H groups in total. The molecule has 1 fully saturated rings. The number of nitrogens with zero attached hydrogens (tertiary/aromatic N) is 4. The topological polar surface area (TPSA) is 225 Å². The van der Waals surface area contributed by atoms with Crippen molar-refractivity contribution in [1.29, 1.82) is 0 Å². The van der Waals surface area contributed by atoms with E-state index in [0.29, 0.717) is 25.8 Å². The zero-order valence-corrected chi connectivity index (χ0v) is 20.9. The molecule has 0 aromatic heterocycles. The first-order valence-electron chi connectivity index (χ1n) is 12.2. The monoisotopic (exact) mass is 533 g/mol. The van der Waals surface area contributed by atoms with Crippen LogP contribution in [0.3, 0.4) is 0 Å². The highest BCUT2D eigenvalue weighted by Gasteiger charge is 2.31. The molecule has 1 rings (SSSR count). The number of nitrogens with two attached hydrogens (primary N) is 1. The molecule has 1 aliphatic heterocycles. The third-order valence-electron chi connectivity index (χ3n) is 6.28. The molecule has 37 heavy (non-hydrogen) atoms. The Morgan fingerprint density at radius 3 is 1.32 bits per heavy atom. The van der Waals surface area contributed by atoms with Gasteiger partial charge in [-0.15, -0.1) is 0 Å². The average molecular weight is 534 g/mol. The molecular formula is C22H39N5O10. The number of carboxylic acids is 5. The summed E-state index contributed by atoms with van der Waals surface area (Å²) in [6.45, 7) is 0.613. The SMILES string of the molecule is NCCCC[C@H](C(=O)O)N1CCN(CC(=O)O)CCN([C@H](CC(=O)O)C(=O)O)CCN(CC(=O)O)CC1. The smallest absolute Gasteiger partial charge is 0.321 e. The van der Waals surface area contributed by atoms with Crippen LogP contribution in [0.25, 0.3) is 0 Å². The lowest BCUT2D eigenvalue weighted by Crippen LogP contribution is -2.53. The summed E-state index contributed by atoms with van der Waals surface area (Å²) >= 11 is 0. The number of unbranched alkanes of at least 4 members (excludes halogenated alkanes) is 1. The van der Waals surface area contributed by atoms with Crippen LogP contribution in [0, 0.1) is 0 Å². The highest BCUT2D eigenvalue weighted by molar-refractivity contribution is 5.80. The molecule has 0 bridgehead atoms. The molecule has 15 heteroatoms. The fraction of sp³-hybridized carbons (Fsp3) is 0.773. The molecule has 0 amide bonds. The van der Waals surface area contributed by atoms with Crippen LogP contribution in [0.4, 0.5) is 0 Å². The summed E-state index contributed by atoms with van der Waals surface area (Å²) in [5, 5.41) is 47.4. The molecule has 0 spiro atoms. The summed E-state index contributed by atoms with van der Waals surface area (Å²) in [6, 6.07) is -2.24. The first kappa shape index (κ1) is 32.2. The average Bonchev–Trinajstić information content (AvgIpc) is 2.78. The Bertz CT molecular complexity index is 751. The lowest BCUT2D eigenvalue weighted by atomic mass is 10.1. The normalized spacial score (nSPS) is 19.3. The van der Waals surface area contributed by atoms with Crippen molar-refractivity contribution in [3.8, 4) is 0 Å². The molecule has 0 aliphatic carbocycles. The number of hydrogen-bond donors (Lipinski definition) is 6. The van der Waals surface area contributed by atoms with Crippen LogP contribution in [-0.2, 0) is 24.0 Å². The summed E-state index contributed by atoms with van der Waals surface area (Å²) in [4.78, 5) is 64.3.